The minimum absolute atomic E-state index is 0.0356. The van der Waals surface area contributed by atoms with Gasteiger partial charge in [0.05, 0.1) is 6.04 Å². The maximum atomic E-state index is 12.5. The minimum atomic E-state index is -0.0780. The smallest absolute Gasteiger partial charge is 0.258 e. The summed E-state index contributed by atoms with van der Waals surface area (Å²) in [7, 11) is 0. The fourth-order valence-electron chi connectivity index (χ4n) is 4.25. The third kappa shape index (κ3) is 6.83. The van der Waals surface area contributed by atoms with Crippen LogP contribution in [-0.2, 0) is 10.2 Å². The molecule has 0 spiro atoms. The van der Waals surface area contributed by atoms with E-state index in [0.717, 1.165) is 18.8 Å². The van der Waals surface area contributed by atoms with Crippen molar-refractivity contribution < 1.29 is 9.53 Å². The first-order valence-electron chi connectivity index (χ1n) is 12.1. The van der Waals surface area contributed by atoms with Gasteiger partial charge in [0.1, 0.15) is 5.75 Å². The number of nitrogens with one attached hydrogen (secondary N) is 1. The molecule has 0 bridgehead atoms. The summed E-state index contributed by atoms with van der Waals surface area (Å²) in [6, 6.07) is 17.1. The van der Waals surface area contributed by atoms with E-state index in [1.165, 1.54) is 36.0 Å². The lowest BCUT2D eigenvalue weighted by Gasteiger charge is -2.35. The molecule has 2 aromatic carbocycles. The van der Waals surface area contributed by atoms with E-state index < -0.39 is 0 Å². The van der Waals surface area contributed by atoms with Gasteiger partial charge in [0.2, 0.25) is 0 Å². The zero-order chi connectivity index (χ0) is 23.1. The highest BCUT2D eigenvalue weighted by molar-refractivity contribution is 5.77. The summed E-state index contributed by atoms with van der Waals surface area (Å²) in [6.07, 6.45) is 3.74. The van der Waals surface area contributed by atoms with Crippen LogP contribution in [0.25, 0.3) is 0 Å². The maximum absolute atomic E-state index is 12.5. The van der Waals surface area contributed by atoms with E-state index >= 15 is 0 Å². The van der Waals surface area contributed by atoms with E-state index in [9.17, 15) is 4.79 Å². The number of benzene rings is 2. The van der Waals surface area contributed by atoms with Gasteiger partial charge in [0, 0.05) is 6.54 Å². The van der Waals surface area contributed by atoms with Crippen LogP contribution in [0.1, 0.15) is 82.5 Å². The summed E-state index contributed by atoms with van der Waals surface area (Å²) in [6.45, 7) is 13.8. The molecule has 1 aliphatic rings. The Balaban J connectivity index is 1.58. The first-order chi connectivity index (χ1) is 15.2. The molecule has 1 saturated heterocycles. The molecule has 0 saturated carbocycles. The highest BCUT2D eigenvalue weighted by Crippen LogP contribution is 2.26. The molecule has 0 aliphatic carbocycles. The zero-order valence-electron chi connectivity index (χ0n) is 20.5. The molecule has 0 aromatic heterocycles. The normalized spacial score (nSPS) is 16.1. The number of hydrogen-bond donors (Lipinski definition) is 1. The lowest BCUT2D eigenvalue weighted by molar-refractivity contribution is -0.123. The van der Waals surface area contributed by atoms with Crippen LogP contribution in [0, 0.1) is 0 Å². The van der Waals surface area contributed by atoms with Gasteiger partial charge >= 0.3 is 0 Å². The van der Waals surface area contributed by atoms with E-state index in [4.69, 9.17) is 4.74 Å². The second-order valence-electron chi connectivity index (χ2n) is 10.3. The summed E-state index contributed by atoms with van der Waals surface area (Å²) in [5.74, 6) is 1.17. The number of nitrogens with zero attached hydrogens (tertiary/aromatic N) is 1. The summed E-state index contributed by atoms with van der Waals surface area (Å²) >= 11 is 0. The first-order valence-corrected chi connectivity index (χ1v) is 12.1. The van der Waals surface area contributed by atoms with Crippen LogP contribution in [0.5, 0.6) is 5.75 Å². The van der Waals surface area contributed by atoms with Gasteiger partial charge < -0.3 is 10.1 Å². The topological polar surface area (TPSA) is 41.6 Å². The molecule has 1 N–H and O–H groups in total. The molecular weight excluding hydrogens is 396 g/mol. The van der Waals surface area contributed by atoms with Gasteiger partial charge in [0.15, 0.2) is 6.61 Å². The molecule has 1 unspecified atom stereocenters. The van der Waals surface area contributed by atoms with E-state index in [2.05, 4.69) is 81.2 Å². The molecule has 32 heavy (non-hydrogen) atoms. The molecule has 174 valence electrons. The van der Waals surface area contributed by atoms with Crippen molar-refractivity contribution in [2.24, 2.45) is 0 Å². The highest BCUT2D eigenvalue weighted by atomic mass is 16.5. The van der Waals surface area contributed by atoms with E-state index in [-0.39, 0.29) is 24.0 Å². The number of carbonyl (C=O) groups excluding carboxylic acids is 1. The number of likely N-dealkylation sites (tertiary alicyclic amines) is 1. The fraction of sp³-hybridized carbons (Fsp3) is 0.536. The highest BCUT2D eigenvalue weighted by Gasteiger charge is 2.23. The summed E-state index contributed by atoms with van der Waals surface area (Å²) in [4.78, 5) is 15.1. The molecule has 2 aromatic rings. The van der Waals surface area contributed by atoms with Crippen molar-refractivity contribution in [3.8, 4) is 5.75 Å². The number of amides is 1. The largest absolute Gasteiger partial charge is 0.484 e. The van der Waals surface area contributed by atoms with E-state index in [1.807, 2.05) is 12.1 Å². The van der Waals surface area contributed by atoms with E-state index in [1.54, 1.807) is 0 Å². The molecule has 4 nitrogen and oxygen atoms in total. The maximum Gasteiger partial charge on any atom is 0.258 e. The van der Waals surface area contributed by atoms with Crippen LogP contribution in [0.15, 0.2) is 48.5 Å². The molecule has 1 atom stereocenters. The van der Waals surface area contributed by atoms with E-state index in [0.29, 0.717) is 12.5 Å². The van der Waals surface area contributed by atoms with Gasteiger partial charge in [0.25, 0.3) is 5.91 Å². The Labute approximate surface area is 194 Å². The molecule has 1 heterocycles. The monoisotopic (exact) mass is 436 g/mol. The Morgan fingerprint density at radius 2 is 1.53 bits per heavy atom. The lowest BCUT2D eigenvalue weighted by Crippen LogP contribution is -2.41. The summed E-state index contributed by atoms with van der Waals surface area (Å²) in [5, 5.41) is 3.12. The molecule has 1 aliphatic heterocycles. The van der Waals surface area contributed by atoms with Crippen molar-refractivity contribution in [3.05, 3.63) is 65.2 Å². The van der Waals surface area contributed by atoms with Crippen molar-refractivity contribution in [3.63, 3.8) is 0 Å². The second kappa shape index (κ2) is 11.0. The van der Waals surface area contributed by atoms with Gasteiger partial charge in [-0.05, 0) is 66.1 Å². The Morgan fingerprint density at radius 1 is 0.938 bits per heavy atom. The third-order valence-corrected chi connectivity index (χ3v) is 6.40. The Hall–Kier alpha value is -2.33. The number of piperidine rings is 1. The van der Waals surface area contributed by atoms with Gasteiger partial charge in [-0.25, -0.2) is 0 Å². The Morgan fingerprint density at radius 3 is 2.09 bits per heavy atom. The first kappa shape index (κ1) is 24.3. The molecule has 3 rings (SSSR count). The third-order valence-electron chi connectivity index (χ3n) is 6.40. The number of ether oxygens (including phenoxy) is 1. The average molecular weight is 437 g/mol. The van der Waals surface area contributed by atoms with Crippen LogP contribution < -0.4 is 10.1 Å². The minimum Gasteiger partial charge on any atom is -0.484 e. The summed E-state index contributed by atoms with van der Waals surface area (Å²) in [5.41, 5.74) is 3.98. The van der Waals surface area contributed by atoms with Gasteiger partial charge in [-0.1, -0.05) is 77.4 Å². The summed E-state index contributed by atoms with van der Waals surface area (Å²) < 4.78 is 5.74. The van der Waals surface area contributed by atoms with Gasteiger partial charge in [-0.3, -0.25) is 9.69 Å². The van der Waals surface area contributed by atoms with Gasteiger partial charge in [-0.15, -0.1) is 0 Å². The molecule has 1 amide bonds. The number of carbonyl (C=O) groups is 1. The predicted molar refractivity (Wildman–Crippen MR) is 132 cm³/mol. The van der Waals surface area contributed by atoms with Crippen LogP contribution in [0.3, 0.4) is 0 Å². The average Bonchev–Trinajstić information content (AvgIpc) is 2.78. The number of hydrogen-bond acceptors (Lipinski definition) is 3. The van der Waals surface area contributed by atoms with Crippen molar-refractivity contribution in [2.45, 2.75) is 71.3 Å². The lowest BCUT2D eigenvalue weighted by atomic mass is 9.87. The van der Waals surface area contributed by atoms with Crippen LogP contribution >= 0.6 is 0 Å². The van der Waals surface area contributed by atoms with Crippen molar-refractivity contribution in [1.82, 2.24) is 10.2 Å². The van der Waals surface area contributed by atoms with Crippen molar-refractivity contribution in [1.29, 1.82) is 0 Å². The molecule has 1 fully saturated rings. The van der Waals surface area contributed by atoms with Crippen molar-refractivity contribution >= 4 is 5.91 Å². The van der Waals surface area contributed by atoms with Crippen LogP contribution in [0.4, 0.5) is 0 Å². The molecule has 0 radical (unpaired) electrons. The zero-order valence-corrected chi connectivity index (χ0v) is 20.5. The number of rotatable bonds is 8. The predicted octanol–water partition coefficient (Wildman–Crippen LogP) is 5.83. The van der Waals surface area contributed by atoms with Crippen molar-refractivity contribution in [2.75, 3.05) is 26.2 Å². The SMILES string of the molecule is CC(C)c1ccc(C(CNC(=O)COc2ccc(C(C)(C)C)cc2)N2CCCCC2)cc1. The quantitative estimate of drug-likeness (QED) is 0.566. The molecule has 4 heteroatoms. The second-order valence-corrected chi connectivity index (χ2v) is 10.3. The fourth-order valence-corrected chi connectivity index (χ4v) is 4.25. The molecular formula is C28H40N2O2. The van der Waals surface area contributed by atoms with Gasteiger partial charge in [-0.2, -0.15) is 0 Å². The van der Waals surface area contributed by atoms with Crippen LogP contribution in [0.2, 0.25) is 0 Å². The Bertz CT molecular complexity index is 844. The Kier molecular flexibility index (Phi) is 8.36. The standard InChI is InChI=1S/C28H40N2O2/c1-21(2)22-9-11-23(12-10-22)26(30-17-7-6-8-18-30)19-29-27(31)20-32-25-15-13-24(14-16-25)28(3,4)5/h9-16,21,26H,6-8,17-20H2,1-5H3,(H,29,31). The van der Waals surface area contributed by atoms with Crippen LogP contribution in [-0.4, -0.2) is 37.0 Å².